The Morgan fingerprint density at radius 3 is 2.75 bits per heavy atom. The van der Waals surface area contributed by atoms with Gasteiger partial charge in [0.1, 0.15) is 13.3 Å². The first-order valence-electron chi connectivity index (χ1n) is 4.17. The van der Waals surface area contributed by atoms with Gasteiger partial charge in [-0.3, -0.25) is 9.36 Å². The quantitative estimate of drug-likeness (QED) is 0.781. The minimum Gasteiger partial charge on any atom is -0.351 e. The average Bonchev–Trinajstić information content (AvgIpc) is 2.16. The molecule has 90 valence electrons. The lowest BCUT2D eigenvalue weighted by atomic mass is 10.4. The monoisotopic (exact) mass is 348 g/mol. The molecule has 0 aliphatic rings. The van der Waals surface area contributed by atoms with Gasteiger partial charge in [-0.25, -0.2) is 4.98 Å². The molecule has 0 atom stereocenters. The largest absolute Gasteiger partial charge is 0.411 e. The van der Waals surface area contributed by atoms with Crippen molar-refractivity contribution in [1.29, 1.82) is 0 Å². The molecular formula is C8H8F3IN2O2. The summed E-state index contributed by atoms with van der Waals surface area (Å²) in [4.78, 5) is 15.3. The predicted molar refractivity (Wildman–Crippen MR) is 58.0 cm³/mol. The van der Waals surface area contributed by atoms with Crippen molar-refractivity contribution in [2.75, 3.05) is 6.61 Å². The van der Waals surface area contributed by atoms with E-state index < -0.39 is 25.1 Å². The summed E-state index contributed by atoms with van der Waals surface area (Å²) in [6.45, 7) is -0.199. The molecule has 1 aromatic heterocycles. The van der Waals surface area contributed by atoms with Gasteiger partial charge in [-0.15, -0.1) is 0 Å². The van der Waals surface area contributed by atoms with Gasteiger partial charge in [0.15, 0.2) is 0 Å². The van der Waals surface area contributed by atoms with Gasteiger partial charge in [0.2, 0.25) is 0 Å². The molecule has 0 spiro atoms. The van der Waals surface area contributed by atoms with E-state index in [1.165, 1.54) is 0 Å². The first-order chi connectivity index (χ1) is 7.31. The Hall–Kier alpha value is -0.640. The first kappa shape index (κ1) is 13.4. The van der Waals surface area contributed by atoms with Gasteiger partial charge in [-0.1, -0.05) is 0 Å². The molecule has 1 rings (SSSR count). The van der Waals surface area contributed by atoms with Crippen LogP contribution in [0.4, 0.5) is 13.2 Å². The number of aromatic nitrogens is 2. The Kier molecular flexibility index (Phi) is 4.30. The van der Waals surface area contributed by atoms with Crippen molar-refractivity contribution in [1.82, 2.24) is 9.55 Å². The van der Waals surface area contributed by atoms with E-state index in [1.807, 2.05) is 0 Å². The maximum Gasteiger partial charge on any atom is 0.411 e. The Morgan fingerprint density at radius 2 is 2.19 bits per heavy atom. The van der Waals surface area contributed by atoms with Crippen molar-refractivity contribution < 1.29 is 17.9 Å². The Balaban J connectivity index is 2.69. The Bertz CT molecular complexity index is 430. The Labute approximate surface area is 103 Å². The molecule has 1 heterocycles. The van der Waals surface area contributed by atoms with E-state index in [1.54, 1.807) is 29.5 Å². The van der Waals surface area contributed by atoms with E-state index in [2.05, 4.69) is 9.72 Å². The standard InChI is InChI=1S/C8H8F3IN2O2/c1-5-6(12)7(15)14(3-13-5)4-16-2-8(9,10)11/h3H,2,4H2,1H3. The molecule has 0 fully saturated rings. The highest BCUT2D eigenvalue weighted by Crippen LogP contribution is 2.14. The van der Waals surface area contributed by atoms with E-state index in [9.17, 15) is 18.0 Å². The highest BCUT2D eigenvalue weighted by Gasteiger charge is 2.27. The predicted octanol–water partition coefficient (Wildman–Crippen LogP) is 1.69. The van der Waals surface area contributed by atoms with Gasteiger partial charge in [0.05, 0.1) is 15.6 Å². The number of aryl methyl sites for hydroxylation is 1. The molecule has 0 aliphatic carbocycles. The minimum absolute atomic E-state index is 0.371. The molecule has 16 heavy (non-hydrogen) atoms. The van der Waals surface area contributed by atoms with Crippen LogP contribution in [0.5, 0.6) is 0 Å². The summed E-state index contributed by atoms with van der Waals surface area (Å²) in [6.07, 6.45) is -3.23. The summed E-state index contributed by atoms with van der Waals surface area (Å²) in [5.74, 6) is 0. The fourth-order valence-electron chi connectivity index (χ4n) is 0.898. The molecule has 0 radical (unpaired) electrons. The zero-order valence-corrected chi connectivity index (χ0v) is 10.4. The van der Waals surface area contributed by atoms with Crippen LogP contribution in [0.15, 0.2) is 11.1 Å². The second-order valence-electron chi connectivity index (χ2n) is 3.01. The van der Waals surface area contributed by atoms with Gasteiger partial charge >= 0.3 is 6.18 Å². The number of rotatable bonds is 3. The highest BCUT2D eigenvalue weighted by atomic mass is 127. The lowest BCUT2D eigenvalue weighted by molar-refractivity contribution is -0.182. The van der Waals surface area contributed by atoms with Crippen molar-refractivity contribution in [2.24, 2.45) is 0 Å². The number of hydrogen-bond acceptors (Lipinski definition) is 3. The zero-order valence-electron chi connectivity index (χ0n) is 8.21. The van der Waals surface area contributed by atoms with Crippen molar-refractivity contribution >= 4 is 22.6 Å². The molecule has 0 saturated carbocycles. The number of halogens is 4. The van der Waals surface area contributed by atoms with E-state index >= 15 is 0 Å². The maximum atomic E-state index is 11.8. The van der Waals surface area contributed by atoms with Crippen LogP contribution in [0.2, 0.25) is 0 Å². The van der Waals surface area contributed by atoms with Crippen LogP contribution >= 0.6 is 22.6 Å². The van der Waals surface area contributed by atoms with Gasteiger partial charge < -0.3 is 4.74 Å². The maximum absolute atomic E-state index is 11.8. The van der Waals surface area contributed by atoms with Crippen molar-refractivity contribution in [3.05, 3.63) is 25.9 Å². The summed E-state index contributed by atoms with van der Waals surface area (Å²) in [7, 11) is 0. The lowest BCUT2D eigenvalue weighted by Gasteiger charge is -2.09. The molecule has 0 N–H and O–H groups in total. The molecular weight excluding hydrogens is 340 g/mol. The first-order valence-corrected chi connectivity index (χ1v) is 5.25. The van der Waals surface area contributed by atoms with Crippen molar-refractivity contribution in [2.45, 2.75) is 19.8 Å². The van der Waals surface area contributed by atoms with E-state index in [-0.39, 0.29) is 0 Å². The van der Waals surface area contributed by atoms with Crippen LogP contribution in [0, 0.1) is 10.5 Å². The Morgan fingerprint density at radius 1 is 1.56 bits per heavy atom. The minimum atomic E-state index is -4.39. The van der Waals surface area contributed by atoms with E-state index in [0.717, 1.165) is 10.9 Å². The topological polar surface area (TPSA) is 44.1 Å². The van der Waals surface area contributed by atoms with Crippen molar-refractivity contribution in [3.63, 3.8) is 0 Å². The van der Waals surface area contributed by atoms with Gasteiger partial charge in [0.25, 0.3) is 5.56 Å². The molecule has 0 aromatic carbocycles. The van der Waals surface area contributed by atoms with Crippen LogP contribution in [-0.4, -0.2) is 22.3 Å². The smallest absolute Gasteiger partial charge is 0.351 e. The molecule has 4 nitrogen and oxygen atoms in total. The number of alkyl halides is 3. The zero-order chi connectivity index (χ0) is 12.3. The number of ether oxygens (including phenoxy) is 1. The molecule has 0 aliphatic heterocycles. The molecule has 8 heteroatoms. The van der Waals surface area contributed by atoms with Crippen LogP contribution in [0.25, 0.3) is 0 Å². The fourth-order valence-corrected chi connectivity index (χ4v) is 1.35. The van der Waals surface area contributed by atoms with Crippen LogP contribution in [-0.2, 0) is 11.5 Å². The van der Waals surface area contributed by atoms with Crippen LogP contribution < -0.4 is 5.56 Å². The third-order valence-corrected chi connectivity index (χ3v) is 2.90. The molecule has 1 aromatic rings. The normalized spacial score (nSPS) is 11.8. The molecule has 0 bridgehead atoms. The summed E-state index contributed by atoms with van der Waals surface area (Å²) < 4.78 is 41.0. The van der Waals surface area contributed by atoms with Gasteiger partial charge in [0, 0.05) is 0 Å². The van der Waals surface area contributed by atoms with Gasteiger partial charge in [-0.2, -0.15) is 13.2 Å². The number of hydrogen-bond donors (Lipinski definition) is 0. The average molecular weight is 348 g/mol. The molecule has 0 unspecified atom stereocenters. The summed E-state index contributed by atoms with van der Waals surface area (Å²) in [6, 6.07) is 0. The lowest BCUT2D eigenvalue weighted by Crippen LogP contribution is -2.27. The number of nitrogens with zero attached hydrogens (tertiary/aromatic N) is 2. The highest BCUT2D eigenvalue weighted by molar-refractivity contribution is 14.1. The molecule has 0 saturated heterocycles. The molecule has 0 amide bonds. The third-order valence-electron chi connectivity index (χ3n) is 1.65. The van der Waals surface area contributed by atoms with Crippen LogP contribution in [0.3, 0.4) is 0 Å². The van der Waals surface area contributed by atoms with Gasteiger partial charge in [-0.05, 0) is 29.5 Å². The summed E-state index contributed by atoms with van der Waals surface area (Å²) in [5.41, 5.74) is 0.132. The SMILES string of the molecule is Cc1ncn(COCC(F)(F)F)c(=O)c1I. The summed E-state index contributed by atoms with van der Waals surface area (Å²) in [5, 5.41) is 0. The summed E-state index contributed by atoms with van der Waals surface area (Å²) >= 11 is 1.79. The van der Waals surface area contributed by atoms with Crippen LogP contribution in [0.1, 0.15) is 5.69 Å². The van der Waals surface area contributed by atoms with Crippen molar-refractivity contribution in [3.8, 4) is 0 Å². The van der Waals surface area contributed by atoms with E-state index in [0.29, 0.717) is 9.26 Å². The second kappa shape index (κ2) is 5.13. The fraction of sp³-hybridized carbons (Fsp3) is 0.500. The second-order valence-corrected chi connectivity index (χ2v) is 4.09. The van der Waals surface area contributed by atoms with E-state index in [4.69, 9.17) is 0 Å². The third kappa shape index (κ3) is 3.74.